The minimum atomic E-state index is 0.116. The highest BCUT2D eigenvalue weighted by atomic mass is 35.5. The van der Waals surface area contributed by atoms with Crippen molar-refractivity contribution in [2.75, 3.05) is 0 Å². The smallest absolute Gasteiger partial charge is 0.164 e. The van der Waals surface area contributed by atoms with Crippen LogP contribution in [0.25, 0.3) is 0 Å². The molecule has 0 aliphatic rings. The van der Waals surface area contributed by atoms with Crippen molar-refractivity contribution in [2.24, 2.45) is 0 Å². The quantitative estimate of drug-likeness (QED) is 0.415. The lowest BCUT2D eigenvalue weighted by molar-refractivity contribution is 0.0980. The van der Waals surface area contributed by atoms with Gasteiger partial charge in [0.05, 0.1) is 5.02 Å². The maximum absolute atomic E-state index is 11.8. The fourth-order valence-corrected chi connectivity index (χ4v) is 1.64. The fraction of sp³-hybridized carbons (Fsp3) is 0.308. The number of halogens is 1. The summed E-state index contributed by atoms with van der Waals surface area (Å²) in [5.41, 5.74) is 1.59. The number of aryl methyl sites for hydroxylation is 1. The highest BCUT2D eigenvalue weighted by molar-refractivity contribution is 6.34. The third-order valence-electron chi connectivity index (χ3n) is 2.30. The SMILES string of the molecule is C=CCCCC(=O)c1cccc(C)c1Cl. The first-order valence-electron chi connectivity index (χ1n) is 5.06. The van der Waals surface area contributed by atoms with Gasteiger partial charge >= 0.3 is 0 Å². The van der Waals surface area contributed by atoms with E-state index in [9.17, 15) is 4.79 Å². The predicted molar refractivity (Wildman–Crippen MR) is 64.6 cm³/mol. The van der Waals surface area contributed by atoms with E-state index in [0.717, 1.165) is 18.4 Å². The Kier molecular flexibility index (Phi) is 4.57. The number of carbonyl (C=O) groups is 1. The predicted octanol–water partition coefficient (Wildman–Crippen LogP) is 4.19. The van der Waals surface area contributed by atoms with Crippen LogP contribution in [-0.2, 0) is 0 Å². The van der Waals surface area contributed by atoms with Gasteiger partial charge in [-0.3, -0.25) is 4.79 Å². The van der Waals surface area contributed by atoms with Gasteiger partial charge in [0.2, 0.25) is 0 Å². The molecule has 0 unspecified atom stereocenters. The van der Waals surface area contributed by atoms with Crippen molar-refractivity contribution in [3.63, 3.8) is 0 Å². The first-order valence-corrected chi connectivity index (χ1v) is 5.44. The fourth-order valence-electron chi connectivity index (χ4n) is 1.40. The van der Waals surface area contributed by atoms with Gasteiger partial charge in [-0.2, -0.15) is 0 Å². The van der Waals surface area contributed by atoms with E-state index in [2.05, 4.69) is 6.58 Å². The van der Waals surface area contributed by atoms with Crippen molar-refractivity contribution in [3.05, 3.63) is 47.0 Å². The van der Waals surface area contributed by atoms with Crippen LogP contribution in [0.15, 0.2) is 30.9 Å². The Labute approximate surface area is 95.8 Å². The van der Waals surface area contributed by atoms with Gasteiger partial charge in [-0.15, -0.1) is 6.58 Å². The van der Waals surface area contributed by atoms with Crippen molar-refractivity contribution < 1.29 is 4.79 Å². The van der Waals surface area contributed by atoms with Crippen molar-refractivity contribution in [1.82, 2.24) is 0 Å². The van der Waals surface area contributed by atoms with E-state index in [1.54, 1.807) is 6.07 Å². The molecule has 1 rings (SSSR count). The van der Waals surface area contributed by atoms with Gasteiger partial charge in [0.25, 0.3) is 0 Å². The Hall–Kier alpha value is -1.08. The average Bonchev–Trinajstić information content (AvgIpc) is 2.22. The van der Waals surface area contributed by atoms with E-state index in [1.807, 2.05) is 25.1 Å². The highest BCUT2D eigenvalue weighted by Gasteiger charge is 2.10. The molecule has 80 valence electrons. The monoisotopic (exact) mass is 222 g/mol. The van der Waals surface area contributed by atoms with Crippen LogP contribution in [0, 0.1) is 6.92 Å². The van der Waals surface area contributed by atoms with E-state index < -0.39 is 0 Å². The molecular formula is C13H15ClO. The summed E-state index contributed by atoms with van der Waals surface area (Å²) in [5, 5.41) is 0.584. The van der Waals surface area contributed by atoms with Gasteiger partial charge in [-0.25, -0.2) is 0 Å². The lowest BCUT2D eigenvalue weighted by Gasteiger charge is -2.05. The second kappa shape index (κ2) is 5.72. The number of Topliss-reactive ketones (excluding diaryl/α,β-unsaturated/α-hetero) is 1. The van der Waals surface area contributed by atoms with Crippen LogP contribution in [0.5, 0.6) is 0 Å². The maximum atomic E-state index is 11.8. The van der Waals surface area contributed by atoms with E-state index in [4.69, 9.17) is 11.6 Å². The molecule has 0 saturated heterocycles. The van der Waals surface area contributed by atoms with E-state index in [0.29, 0.717) is 17.0 Å². The minimum Gasteiger partial charge on any atom is -0.294 e. The van der Waals surface area contributed by atoms with E-state index in [1.165, 1.54) is 0 Å². The standard InChI is InChI=1S/C13H15ClO/c1-3-4-5-9-12(15)11-8-6-7-10(2)13(11)14/h3,6-8H,1,4-5,9H2,2H3. The molecule has 1 nitrogen and oxygen atoms in total. The van der Waals surface area contributed by atoms with Gasteiger partial charge in [-0.05, 0) is 31.4 Å². The molecule has 2 heteroatoms. The number of carbonyl (C=O) groups excluding carboxylic acids is 1. The van der Waals surface area contributed by atoms with Gasteiger partial charge in [-0.1, -0.05) is 29.8 Å². The zero-order valence-corrected chi connectivity index (χ0v) is 9.68. The first-order chi connectivity index (χ1) is 7.16. The number of hydrogen-bond acceptors (Lipinski definition) is 1. The average molecular weight is 223 g/mol. The molecular weight excluding hydrogens is 208 g/mol. The Balaban J connectivity index is 2.73. The third-order valence-corrected chi connectivity index (χ3v) is 2.81. The normalized spacial score (nSPS) is 10.0. The summed E-state index contributed by atoms with van der Waals surface area (Å²) in [6.07, 6.45) is 4.07. The number of ketones is 1. The number of rotatable bonds is 5. The van der Waals surface area contributed by atoms with Crippen LogP contribution in [-0.4, -0.2) is 5.78 Å². The van der Waals surface area contributed by atoms with Crippen molar-refractivity contribution in [1.29, 1.82) is 0 Å². The summed E-state index contributed by atoms with van der Waals surface area (Å²) in [6.45, 7) is 5.53. The molecule has 0 N–H and O–H groups in total. The second-order valence-electron chi connectivity index (χ2n) is 3.54. The van der Waals surface area contributed by atoms with Crippen LogP contribution in [0.1, 0.15) is 35.2 Å². The lowest BCUT2D eigenvalue weighted by atomic mass is 10.0. The van der Waals surface area contributed by atoms with Crippen LogP contribution >= 0.6 is 11.6 Å². The molecule has 0 spiro atoms. The van der Waals surface area contributed by atoms with Crippen LogP contribution < -0.4 is 0 Å². The van der Waals surface area contributed by atoms with Gasteiger partial charge in [0.15, 0.2) is 5.78 Å². The molecule has 1 aromatic carbocycles. The number of allylic oxidation sites excluding steroid dienone is 1. The zero-order chi connectivity index (χ0) is 11.3. The lowest BCUT2D eigenvalue weighted by Crippen LogP contribution is -2.00. The highest BCUT2D eigenvalue weighted by Crippen LogP contribution is 2.22. The minimum absolute atomic E-state index is 0.116. The Morgan fingerprint density at radius 3 is 2.93 bits per heavy atom. The summed E-state index contributed by atoms with van der Waals surface area (Å²) < 4.78 is 0. The Morgan fingerprint density at radius 1 is 1.53 bits per heavy atom. The molecule has 0 saturated carbocycles. The zero-order valence-electron chi connectivity index (χ0n) is 8.92. The molecule has 1 aromatic rings. The summed E-state index contributed by atoms with van der Waals surface area (Å²) in [6, 6.07) is 5.55. The molecule has 15 heavy (non-hydrogen) atoms. The molecule has 0 atom stereocenters. The molecule has 0 fully saturated rings. The third kappa shape index (κ3) is 3.21. The van der Waals surface area contributed by atoms with Crippen LogP contribution in [0.2, 0.25) is 5.02 Å². The number of benzene rings is 1. The topological polar surface area (TPSA) is 17.1 Å². The van der Waals surface area contributed by atoms with E-state index in [-0.39, 0.29) is 5.78 Å². The van der Waals surface area contributed by atoms with E-state index >= 15 is 0 Å². The molecule has 0 heterocycles. The number of hydrogen-bond donors (Lipinski definition) is 0. The summed E-state index contributed by atoms with van der Waals surface area (Å²) in [5.74, 6) is 0.116. The molecule has 0 aromatic heterocycles. The van der Waals surface area contributed by atoms with Crippen LogP contribution in [0.4, 0.5) is 0 Å². The van der Waals surface area contributed by atoms with Crippen molar-refractivity contribution in [2.45, 2.75) is 26.2 Å². The molecule has 0 amide bonds. The van der Waals surface area contributed by atoms with Gasteiger partial charge < -0.3 is 0 Å². The summed E-state index contributed by atoms with van der Waals surface area (Å²) in [4.78, 5) is 11.8. The van der Waals surface area contributed by atoms with Crippen molar-refractivity contribution in [3.8, 4) is 0 Å². The molecule has 0 aliphatic heterocycles. The van der Waals surface area contributed by atoms with Gasteiger partial charge in [0, 0.05) is 12.0 Å². The second-order valence-corrected chi connectivity index (χ2v) is 3.92. The number of unbranched alkanes of at least 4 members (excludes halogenated alkanes) is 1. The summed E-state index contributed by atoms with van der Waals surface area (Å²) in [7, 11) is 0. The van der Waals surface area contributed by atoms with Crippen LogP contribution in [0.3, 0.4) is 0 Å². The van der Waals surface area contributed by atoms with Gasteiger partial charge in [0.1, 0.15) is 0 Å². The first kappa shape index (κ1) is 12.0. The Bertz CT molecular complexity index is 369. The maximum Gasteiger partial charge on any atom is 0.164 e. The largest absolute Gasteiger partial charge is 0.294 e. The molecule has 0 radical (unpaired) electrons. The summed E-state index contributed by atoms with van der Waals surface area (Å²) >= 11 is 6.06. The molecule has 0 bridgehead atoms. The molecule has 0 aliphatic carbocycles. The Morgan fingerprint density at radius 2 is 2.27 bits per heavy atom. The van der Waals surface area contributed by atoms with Crippen molar-refractivity contribution >= 4 is 17.4 Å².